The van der Waals surface area contributed by atoms with Gasteiger partial charge in [0.05, 0.1) is 0 Å². The number of aryl methyl sites for hydroxylation is 1. The summed E-state index contributed by atoms with van der Waals surface area (Å²) < 4.78 is 5.03. The number of carboxylic acid groups (broad SMARTS) is 1. The van der Waals surface area contributed by atoms with E-state index in [0.717, 1.165) is 29.5 Å². The molecule has 0 aliphatic rings. The molecule has 25 heavy (non-hydrogen) atoms. The average molecular weight is 340 g/mol. The van der Waals surface area contributed by atoms with E-state index in [0.29, 0.717) is 5.75 Å². The monoisotopic (exact) mass is 340 g/mol. The number of ether oxygens (including phenoxy) is 1. The van der Waals surface area contributed by atoms with E-state index in [1.807, 2.05) is 36.4 Å². The SMILES string of the molecule is CCCCCCCCCc1cccc(OC(=O)O)c1-c1ccccc1. The van der Waals surface area contributed by atoms with Crippen LogP contribution in [0.15, 0.2) is 48.5 Å². The third-order valence-electron chi connectivity index (χ3n) is 4.42. The van der Waals surface area contributed by atoms with Gasteiger partial charge < -0.3 is 9.84 Å². The molecule has 3 heteroatoms. The topological polar surface area (TPSA) is 46.5 Å². The Kier molecular flexibility index (Phi) is 8.03. The van der Waals surface area contributed by atoms with Gasteiger partial charge in [0, 0.05) is 5.56 Å². The van der Waals surface area contributed by atoms with Gasteiger partial charge in [-0.2, -0.15) is 0 Å². The van der Waals surface area contributed by atoms with Crippen molar-refractivity contribution in [3.8, 4) is 16.9 Å². The normalized spacial score (nSPS) is 10.6. The molecule has 2 rings (SSSR count). The van der Waals surface area contributed by atoms with Crippen LogP contribution in [-0.4, -0.2) is 11.3 Å². The molecule has 1 N–H and O–H groups in total. The van der Waals surface area contributed by atoms with E-state index in [2.05, 4.69) is 13.0 Å². The molecule has 0 aliphatic carbocycles. The highest BCUT2D eigenvalue weighted by Gasteiger charge is 2.14. The molecule has 0 saturated carbocycles. The molecule has 0 radical (unpaired) electrons. The fraction of sp³-hybridized carbons (Fsp3) is 0.409. The van der Waals surface area contributed by atoms with Gasteiger partial charge in [-0.05, 0) is 30.0 Å². The molecule has 2 aromatic carbocycles. The summed E-state index contributed by atoms with van der Waals surface area (Å²) in [5.74, 6) is 0.416. The van der Waals surface area contributed by atoms with E-state index in [1.54, 1.807) is 6.07 Å². The minimum absolute atomic E-state index is 0.416. The molecule has 0 unspecified atom stereocenters. The van der Waals surface area contributed by atoms with Crippen molar-refractivity contribution >= 4 is 6.16 Å². The van der Waals surface area contributed by atoms with Gasteiger partial charge in [0.2, 0.25) is 0 Å². The van der Waals surface area contributed by atoms with Gasteiger partial charge in [-0.3, -0.25) is 0 Å². The van der Waals surface area contributed by atoms with E-state index >= 15 is 0 Å². The van der Waals surface area contributed by atoms with Crippen LogP contribution >= 0.6 is 0 Å². The van der Waals surface area contributed by atoms with Crippen molar-refractivity contribution in [3.05, 3.63) is 54.1 Å². The number of hydrogen-bond acceptors (Lipinski definition) is 2. The Labute approximate surface area is 150 Å². The Balaban J connectivity index is 2.07. The molecule has 0 aliphatic heterocycles. The van der Waals surface area contributed by atoms with Crippen LogP contribution < -0.4 is 4.74 Å². The lowest BCUT2D eigenvalue weighted by Crippen LogP contribution is -2.05. The van der Waals surface area contributed by atoms with Crippen LogP contribution in [0, 0.1) is 0 Å². The van der Waals surface area contributed by atoms with Crippen LogP contribution in [0.4, 0.5) is 4.79 Å². The first kappa shape index (κ1) is 19.0. The fourth-order valence-corrected chi connectivity index (χ4v) is 3.17. The molecule has 134 valence electrons. The molecule has 0 aromatic heterocycles. The first-order chi connectivity index (χ1) is 12.2. The Hall–Kier alpha value is -2.29. The van der Waals surface area contributed by atoms with Gasteiger partial charge in [0.25, 0.3) is 0 Å². The highest BCUT2D eigenvalue weighted by molar-refractivity contribution is 5.77. The molecule has 0 atom stereocenters. The molecule has 0 saturated heterocycles. The van der Waals surface area contributed by atoms with Gasteiger partial charge in [-0.25, -0.2) is 4.79 Å². The number of carbonyl (C=O) groups is 1. The van der Waals surface area contributed by atoms with Gasteiger partial charge >= 0.3 is 6.16 Å². The summed E-state index contributed by atoms with van der Waals surface area (Å²) >= 11 is 0. The summed E-state index contributed by atoms with van der Waals surface area (Å²) in [7, 11) is 0. The van der Waals surface area contributed by atoms with Crippen LogP contribution in [0.2, 0.25) is 0 Å². The van der Waals surface area contributed by atoms with Gasteiger partial charge in [0.1, 0.15) is 5.75 Å². The maximum atomic E-state index is 11.0. The summed E-state index contributed by atoms with van der Waals surface area (Å²) in [5, 5.41) is 9.02. The number of benzene rings is 2. The molecule has 0 fully saturated rings. The summed E-state index contributed by atoms with van der Waals surface area (Å²) in [5.41, 5.74) is 3.05. The molecule has 0 amide bonds. The van der Waals surface area contributed by atoms with E-state index in [4.69, 9.17) is 9.84 Å². The van der Waals surface area contributed by atoms with Crippen molar-refractivity contribution in [2.24, 2.45) is 0 Å². The van der Waals surface area contributed by atoms with E-state index < -0.39 is 6.16 Å². The molecule has 0 heterocycles. The third kappa shape index (κ3) is 6.26. The van der Waals surface area contributed by atoms with Crippen LogP contribution in [0.1, 0.15) is 57.4 Å². The molecular formula is C22H28O3. The average Bonchev–Trinajstić information content (AvgIpc) is 2.61. The zero-order chi connectivity index (χ0) is 17.9. The highest BCUT2D eigenvalue weighted by Crippen LogP contribution is 2.34. The summed E-state index contributed by atoms with van der Waals surface area (Å²) in [6.45, 7) is 2.23. The minimum atomic E-state index is -1.27. The van der Waals surface area contributed by atoms with Crippen molar-refractivity contribution in [1.29, 1.82) is 0 Å². The van der Waals surface area contributed by atoms with Crippen molar-refractivity contribution in [2.45, 2.75) is 58.3 Å². The quantitative estimate of drug-likeness (QED) is 0.297. The summed E-state index contributed by atoms with van der Waals surface area (Å²) in [6, 6.07) is 15.6. The highest BCUT2D eigenvalue weighted by atomic mass is 16.7. The number of rotatable bonds is 10. The Morgan fingerprint density at radius 3 is 2.24 bits per heavy atom. The third-order valence-corrected chi connectivity index (χ3v) is 4.42. The number of unbranched alkanes of at least 4 members (excludes halogenated alkanes) is 6. The van der Waals surface area contributed by atoms with Gasteiger partial charge in [0.15, 0.2) is 0 Å². The first-order valence-electron chi connectivity index (χ1n) is 9.30. The predicted molar refractivity (Wildman–Crippen MR) is 102 cm³/mol. The van der Waals surface area contributed by atoms with Crippen molar-refractivity contribution < 1.29 is 14.6 Å². The minimum Gasteiger partial charge on any atom is -0.449 e. The Morgan fingerprint density at radius 2 is 1.56 bits per heavy atom. The molecule has 3 nitrogen and oxygen atoms in total. The maximum absolute atomic E-state index is 11.0. The predicted octanol–water partition coefficient (Wildman–Crippen LogP) is 6.70. The zero-order valence-corrected chi connectivity index (χ0v) is 15.0. The fourth-order valence-electron chi connectivity index (χ4n) is 3.17. The van der Waals surface area contributed by atoms with Crippen LogP contribution in [0.5, 0.6) is 5.75 Å². The van der Waals surface area contributed by atoms with Crippen LogP contribution in [0.3, 0.4) is 0 Å². The van der Waals surface area contributed by atoms with Crippen molar-refractivity contribution in [3.63, 3.8) is 0 Å². The van der Waals surface area contributed by atoms with Gasteiger partial charge in [-0.1, -0.05) is 87.9 Å². The van der Waals surface area contributed by atoms with Gasteiger partial charge in [-0.15, -0.1) is 0 Å². The number of hydrogen-bond donors (Lipinski definition) is 1. The van der Waals surface area contributed by atoms with E-state index in [9.17, 15) is 4.79 Å². The standard InChI is InChI=1S/C22H28O3/c1-2-3-4-5-6-7-9-13-19-16-12-17-20(25-22(23)24)21(19)18-14-10-8-11-15-18/h8,10-12,14-17H,2-7,9,13H2,1H3,(H,23,24). The van der Waals surface area contributed by atoms with Crippen LogP contribution in [-0.2, 0) is 6.42 Å². The van der Waals surface area contributed by atoms with E-state index in [-0.39, 0.29) is 0 Å². The van der Waals surface area contributed by atoms with Crippen LogP contribution in [0.25, 0.3) is 11.1 Å². The lowest BCUT2D eigenvalue weighted by atomic mass is 9.94. The van der Waals surface area contributed by atoms with Crippen molar-refractivity contribution in [2.75, 3.05) is 0 Å². The smallest absolute Gasteiger partial charge is 0.449 e. The molecular weight excluding hydrogens is 312 g/mol. The van der Waals surface area contributed by atoms with E-state index in [1.165, 1.54) is 38.5 Å². The summed E-state index contributed by atoms with van der Waals surface area (Å²) in [6.07, 6.45) is 8.49. The second-order valence-electron chi connectivity index (χ2n) is 6.40. The molecule has 2 aromatic rings. The molecule has 0 bridgehead atoms. The lowest BCUT2D eigenvalue weighted by Gasteiger charge is -2.14. The second-order valence-corrected chi connectivity index (χ2v) is 6.40. The molecule has 0 spiro atoms. The zero-order valence-electron chi connectivity index (χ0n) is 15.0. The lowest BCUT2D eigenvalue weighted by molar-refractivity contribution is 0.144. The first-order valence-corrected chi connectivity index (χ1v) is 9.30. The largest absolute Gasteiger partial charge is 0.511 e. The second kappa shape index (κ2) is 10.5. The maximum Gasteiger partial charge on any atom is 0.511 e. The van der Waals surface area contributed by atoms with Crippen molar-refractivity contribution in [1.82, 2.24) is 0 Å². The summed E-state index contributed by atoms with van der Waals surface area (Å²) in [4.78, 5) is 11.0. The Bertz CT molecular complexity index is 650. The Morgan fingerprint density at radius 1 is 0.880 bits per heavy atom.